The molecule has 2 aliphatic heterocycles. The second-order valence-corrected chi connectivity index (χ2v) is 5.19. The van der Waals surface area contributed by atoms with E-state index in [1.807, 2.05) is 12.1 Å². The summed E-state index contributed by atoms with van der Waals surface area (Å²) in [7, 11) is 1.68. The summed E-state index contributed by atoms with van der Waals surface area (Å²) in [4.78, 5) is 0. The lowest BCUT2D eigenvalue weighted by Gasteiger charge is -2.20. The summed E-state index contributed by atoms with van der Waals surface area (Å²) in [6.45, 7) is 2.87. The van der Waals surface area contributed by atoms with E-state index in [0.717, 1.165) is 44.0 Å². The number of anilines is 1. The molecule has 2 aliphatic rings. The highest BCUT2D eigenvalue weighted by Crippen LogP contribution is 2.32. The van der Waals surface area contributed by atoms with Gasteiger partial charge in [0.1, 0.15) is 5.75 Å². The smallest absolute Gasteiger partial charge is 0.119 e. The van der Waals surface area contributed by atoms with E-state index in [4.69, 9.17) is 9.47 Å². The summed E-state index contributed by atoms with van der Waals surface area (Å²) < 4.78 is 11.1. The van der Waals surface area contributed by atoms with E-state index in [2.05, 4.69) is 22.8 Å². The highest BCUT2D eigenvalue weighted by atomic mass is 16.5. The molecule has 0 bridgehead atoms. The number of methoxy groups -OCH3 is 1. The summed E-state index contributed by atoms with van der Waals surface area (Å²) in [5.74, 6) is 0.889. The van der Waals surface area contributed by atoms with Crippen LogP contribution in [0.4, 0.5) is 5.69 Å². The molecule has 98 valence electrons. The minimum absolute atomic E-state index is 0.0874. The van der Waals surface area contributed by atoms with Crippen molar-refractivity contribution < 1.29 is 9.47 Å². The molecule has 3 rings (SSSR count). The van der Waals surface area contributed by atoms with Gasteiger partial charge in [-0.1, -0.05) is 0 Å². The first-order chi connectivity index (χ1) is 8.80. The Labute approximate surface area is 108 Å². The Morgan fingerprint density at radius 1 is 1.39 bits per heavy atom. The fourth-order valence-electron chi connectivity index (χ4n) is 2.88. The number of benzene rings is 1. The number of ether oxygens (including phenoxy) is 2. The van der Waals surface area contributed by atoms with Gasteiger partial charge >= 0.3 is 0 Å². The number of hydrogen-bond acceptors (Lipinski definition) is 4. The van der Waals surface area contributed by atoms with E-state index in [9.17, 15) is 0 Å². The van der Waals surface area contributed by atoms with Crippen LogP contribution in [-0.2, 0) is 4.74 Å². The second kappa shape index (κ2) is 4.78. The molecule has 4 nitrogen and oxygen atoms in total. The van der Waals surface area contributed by atoms with Crippen molar-refractivity contribution in [3.05, 3.63) is 24.3 Å². The zero-order valence-electron chi connectivity index (χ0n) is 10.7. The molecule has 2 atom stereocenters. The quantitative estimate of drug-likeness (QED) is 0.853. The van der Waals surface area contributed by atoms with E-state index in [0.29, 0.717) is 6.04 Å². The van der Waals surface area contributed by atoms with Crippen molar-refractivity contribution in [3.63, 3.8) is 0 Å². The second-order valence-electron chi connectivity index (χ2n) is 5.19. The fourth-order valence-corrected chi connectivity index (χ4v) is 2.88. The van der Waals surface area contributed by atoms with Crippen molar-refractivity contribution in [2.75, 3.05) is 32.1 Å². The maximum Gasteiger partial charge on any atom is 0.119 e. The molecule has 2 saturated heterocycles. The van der Waals surface area contributed by atoms with Crippen LogP contribution in [0.2, 0.25) is 0 Å². The molecule has 4 heteroatoms. The number of hydrogen-bond donors (Lipinski definition) is 2. The van der Waals surface area contributed by atoms with E-state index in [1.54, 1.807) is 7.11 Å². The van der Waals surface area contributed by atoms with Crippen LogP contribution in [0.5, 0.6) is 5.75 Å². The molecule has 1 spiro atoms. The molecule has 2 heterocycles. The lowest BCUT2D eigenvalue weighted by atomic mass is 9.97. The van der Waals surface area contributed by atoms with Gasteiger partial charge < -0.3 is 20.1 Å². The normalized spacial score (nSPS) is 30.8. The van der Waals surface area contributed by atoms with Gasteiger partial charge in [-0.15, -0.1) is 0 Å². The van der Waals surface area contributed by atoms with Crippen molar-refractivity contribution in [1.29, 1.82) is 0 Å². The van der Waals surface area contributed by atoms with Crippen molar-refractivity contribution >= 4 is 5.69 Å². The van der Waals surface area contributed by atoms with Crippen LogP contribution in [0.1, 0.15) is 12.8 Å². The van der Waals surface area contributed by atoms with Crippen LogP contribution in [0.15, 0.2) is 24.3 Å². The summed E-state index contributed by atoms with van der Waals surface area (Å²) in [5, 5.41) is 6.92. The first kappa shape index (κ1) is 11.8. The van der Waals surface area contributed by atoms with Crippen LogP contribution in [0, 0.1) is 0 Å². The SMILES string of the molecule is COc1ccc(NC2COC3(CCNC3)C2)cc1. The van der Waals surface area contributed by atoms with Crippen molar-refractivity contribution in [2.45, 2.75) is 24.5 Å². The van der Waals surface area contributed by atoms with Crippen molar-refractivity contribution in [2.24, 2.45) is 0 Å². The predicted octanol–water partition coefficient (Wildman–Crippen LogP) is 1.63. The third-order valence-electron chi connectivity index (χ3n) is 3.87. The molecule has 0 amide bonds. The van der Waals surface area contributed by atoms with Crippen LogP contribution < -0.4 is 15.4 Å². The molecular weight excluding hydrogens is 228 g/mol. The summed E-state index contributed by atoms with van der Waals surface area (Å²) in [6.07, 6.45) is 2.22. The van der Waals surface area contributed by atoms with Gasteiger partial charge in [0.15, 0.2) is 0 Å². The van der Waals surface area contributed by atoms with Crippen LogP contribution >= 0.6 is 0 Å². The minimum atomic E-state index is 0.0874. The molecule has 1 aromatic rings. The maximum absolute atomic E-state index is 5.98. The largest absolute Gasteiger partial charge is 0.497 e. The van der Waals surface area contributed by atoms with E-state index < -0.39 is 0 Å². The highest BCUT2D eigenvalue weighted by molar-refractivity contribution is 5.47. The van der Waals surface area contributed by atoms with E-state index >= 15 is 0 Å². The first-order valence-electron chi connectivity index (χ1n) is 6.55. The van der Waals surface area contributed by atoms with Crippen LogP contribution in [-0.4, -0.2) is 38.4 Å². The number of nitrogens with one attached hydrogen (secondary N) is 2. The average Bonchev–Trinajstić information content (AvgIpc) is 3.02. The highest BCUT2D eigenvalue weighted by Gasteiger charge is 2.42. The summed E-state index contributed by atoms with van der Waals surface area (Å²) in [5.41, 5.74) is 1.22. The molecular formula is C14H20N2O2. The molecule has 1 aromatic carbocycles. The molecule has 0 saturated carbocycles. The Bertz CT molecular complexity index is 399. The Morgan fingerprint density at radius 2 is 2.22 bits per heavy atom. The number of rotatable bonds is 3. The minimum Gasteiger partial charge on any atom is -0.497 e. The van der Waals surface area contributed by atoms with Crippen LogP contribution in [0.3, 0.4) is 0 Å². The van der Waals surface area contributed by atoms with E-state index in [1.165, 1.54) is 0 Å². The Morgan fingerprint density at radius 3 is 2.89 bits per heavy atom. The zero-order valence-corrected chi connectivity index (χ0v) is 10.7. The van der Waals surface area contributed by atoms with Crippen LogP contribution in [0.25, 0.3) is 0 Å². The molecule has 2 N–H and O–H groups in total. The van der Waals surface area contributed by atoms with Gasteiger partial charge in [-0.3, -0.25) is 0 Å². The molecule has 2 fully saturated rings. The van der Waals surface area contributed by atoms with Gasteiger partial charge in [0, 0.05) is 18.7 Å². The van der Waals surface area contributed by atoms with E-state index in [-0.39, 0.29) is 5.60 Å². The van der Waals surface area contributed by atoms with Gasteiger partial charge in [0.25, 0.3) is 0 Å². The lowest BCUT2D eigenvalue weighted by Crippen LogP contribution is -2.31. The average molecular weight is 248 g/mol. The topological polar surface area (TPSA) is 42.5 Å². The molecule has 0 aromatic heterocycles. The fraction of sp³-hybridized carbons (Fsp3) is 0.571. The van der Waals surface area contributed by atoms with Crippen molar-refractivity contribution in [1.82, 2.24) is 5.32 Å². The Hall–Kier alpha value is -1.26. The monoisotopic (exact) mass is 248 g/mol. The molecule has 0 radical (unpaired) electrons. The third-order valence-corrected chi connectivity index (χ3v) is 3.87. The Kier molecular flexibility index (Phi) is 3.14. The molecule has 0 aliphatic carbocycles. The lowest BCUT2D eigenvalue weighted by molar-refractivity contribution is 0.0214. The molecule has 18 heavy (non-hydrogen) atoms. The standard InChI is InChI=1S/C14H20N2O2/c1-17-13-4-2-11(3-5-13)16-12-8-14(18-9-12)6-7-15-10-14/h2-5,12,15-16H,6-10H2,1H3. The van der Waals surface area contributed by atoms with Gasteiger partial charge in [-0.05, 0) is 37.2 Å². The summed E-state index contributed by atoms with van der Waals surface area (Å²) >= 11 is 0. The summed E-state index contributed by atoms with van der Waals surface area (Å²) in [6, 6.07) is 8.47. The van der Waals surface area contributed by atoms with Gasteiger partial charge in [0.2, 0.25) is 0 Å². The first-order valence-corrected chi connectivity index (χ1v) is 6.55. The predicted molar refractivity (Wildman–Crippen MR) is 71.2 cm³/mol. The zero-order chi connectivity index (χ0) is 12.4. The molecule has 2 unspecified atom stereocenters. The van der Waals surface area contributed by atoms with Gasteiger partial charge in [-0.2, -0.15) is 0 Å². The maximum atomic E-state index is 5.98. The third kappa shape index (κ3) is 2.31. The Balaban J connectivity index is 1.60. The van der Waals surface area contributed by atoms with Gasteiger partial charge in [0.05, 0.1) is 25.4 Å². The van der Waals surface area contributed by atoms with Crippen molar-refractivity contribution in [3.8, 4) is 5.75 Å². The van der Waals surface area contributed by atoms with Gasteiger partial charge in [-0.25, -0.2) is 0 Å².